The van der Waals surface area contributed by atoms with Crippen LogP contribution in [0.15, 0.2) is 35.1 Å². The van der Waals surface area contributed by atoms with Crippen LogP contribution in [0, 0.1) is 0 Å². The normalized spacial score (nSPS) is 16.7. The number of carbonyl (C=O) groups is 1. The van der Waals surface area contributed by atoms with E-state index < -0.39 is 23.9 Å². The van der Waals surface area contributed by atoms with E-state index in [0.717, 1.165) is 43.9 Å². The third kappa shape index (κ3) is 5.84. The van der Waals surface area contributed by atoms with Gasteiger partial charge in [0.25, 0.3) is 11.5 Å². The van der Waals surface area contributed by atoms with E-state index >= 15 is 0 Å². The van der Waals surface area contributed by atoms with Crippen LogP contribution in [-0.4, -0.2) is 36.0 Å². The molecule has 10 heteroatoms. The van der Waals surface area contributed by atoms with Crippen molar-refractivity contribution in [1.29, 1.82) is 0 Å². The quantitative estimate of drug-likeness (QED) is 0.688. The first kappa shape index (κ1) is 22.8. The van der Waals surface area contributed by atoms with Gasteiger partial charge in [-0.15, -0.1) is 13.2 Å². The maximum absolute atomic E-state index is 12.8. The van der Waals surface area contributed by atoms with E-state index in [2.05, 4.69) is 20.0 Å². The average molecular weight is 439 g/mol. The van der Waals surface area contributed by atoms with Gasteiger partial charge in [-0.05, 0) is 30.5 Å². The molecule has 1 fully saturated rings. The standard InChI is InChI=1S/C21H24F3N3O4/c1-20(9-3-4-10-20)19-26-15(11-17(28)27-19)18(29)25-16(12-30-2)13-5-7-14(8-6-13)31-21(22,23)24/h5-8,11,16H,3-4,9-10,12H2,1-2H3,(H,25,29)(H,26,27,28)/t16-/m1/s1. The van der Waals surface area contributed by atoms with Gasteiger partial charge in [-0.25, -0.2) is 4.98 Å². The van der Waals surface area contributed by atoms with Crippen molar-refractivity contribution in [3.8, 4) is 5.75 Å². The first-order valence-corrected chi connectivity index (χ1v) is 9.87. The molecule has 7 nitrogen and oxygen atoms in total. The van der Waals surface area contributed by atoms with Gasteiger partial charge < -0.3 is 19.8 Å². The van der Waals surface area contributed by atoms with Crippen LogP contribution in [0.2, 0.25) is 0 Å². The molecule has 0 unspecified atom stereocenters. The predicted molar refractivity (Wildman–Crippen MR) is 106 cm³/mol. The minimum atomic E-state index is -4.79. The van der Waals surface area contributed by atoms with E-state index in [-0.39, 0.29) is 23.5 Å². The van der Waals surface area contributed by atoms with Crippen LogP contribution in [0.4, 0.5) is 13.2 Å². The number of nitrogens with zero attached hydrogens (tertiary/aromatic N) is 1. The Balaban J connectivity index is 1.79. The molecule has 1 aromatic heterocycles. The number of halogens is 3. The number of nitrogens with one attached hydrogen (secondary N) is 2. The van der Waals surface area contributed by atoms with Gasteiger partial charge in [0.2, 0.25) is 0 Å². The molecule has 0 radical (unpaired) electrons. The fourth-order valence-electron chi connectivity index (χ4n) is 3.77. The molecule has 1 heterocycles. The summed E-state index contributed by atoms with van der Waals surface area (Å²) in [5, 5.41) is 2.73. The SMILES string of the molecule is COC[C@@H](NC(=O)c1cc(=O)[nH]c(C2(C)CCCC2)n1)c1ccc(OC(F)(F)F)cc1. The molecule has 2 N–H and O–H groups in total. The van der Waals surface area contributed by atoms with Gasteiger partial charge in [0.15, 0.2) is 0 Å². The molecule has 168 valence electrons. The van der Waals surface area contributed by atoms with E-state index in [1.165, 1.54) is 19.2 Å². The third-order valence-corrected chi connectivity index (χ3v) is 5.41. The lowest BCUT2D eigenvalue weighted by Crippen LogP contribution is -2.34. The number of aromatic amines is 1. The van der Waals surface area contributed by atoms with Crippen LogP contribution in [0.3, 0.4) is 0 Å². The first-order chi connectivity index (χ1) is 14.6. The summed E-state index contributed by atoms with van der Waals surface area (Å²) in [5.74, 6) is -0.462. The Bertz CT molecular complexity index is 967. The van der Waals surface area contributed by atoms with Crippen molar-refractivity contribution in [1.82, 2.24) is 15.3 Å². The number of hydrogen-bond donors (Lipinski definition) is 2. The molecule has 0 aliphatic heterocycles. The minimum absolute atomic E-state index is 0.0231. The molecule has 0 spiro atoms. The Morgan fingerprint density at radius 1 is 1.26 bits per heavy atom. The third-order valence-electron chi connectivity index (χ3n) is 5.41. The van der Waals surface area contributed by atoms with E-state index in [0.29, 0.717) is 11.4 Å². The Kier molecular flexibility index (Phi) is 6.68. The van der Waals surface area contributed by atoms with Gasteiger partial charge >= 0.3 is 6.36 Å². The highest BCUT2D eigenvalue weighted by atomic mass is 19.4. The number of benzene rings is 1. The van der Waals surface area contributed by atoms with Crippen molar-refractivity contribution in [2.24, 2.45) is 0 Å². The lowest BCUT2D eigenvalue weighted by Gasteiger charge is -2.23. The van der Waals surface area contributed by atoms with Crippen LogP contribution < -0.4 is 15.6 Å². The summed E-state index contributed by atoms with van der Waals surface area (Å²) in [4.78, 5) is 32.1. The van der Waals surface area contributed by atoms with Crippen LogP contribution in [-0.2, 0) is 10.2 Å². The zero-order chi connectivity index (χ0) is 22.6. The average Bonchev–Trinajstić information content (AvgIpc) is 3.14. The van der Waals surface area contributed by atoms with Crippen molar-refractivity contribution < 1.29 is 27.4 Å². The van der Waals surface area contributed by atoms with Gasteiger partial charge in [-0.3, -0.25) is 9.59 Å². The monoisotopic (exact) mass is 439 g/mol. The van der Waals surface area contributed by atoms with E-state index in [4.69, 9.17) is 4.74 Å². The zero-order valence-electron chi connectivity index (χ0n) is 17.2. The van der Waals surface area contributed by atoms with Crippen LogP contribution in [0.1, 0.15) is 60.5 Å². The molecular formula is C21H24F3N3O4. The lowest BCUT2D eigenvalue weighted by atomic mass is 9.88. The highest BCUT2D eigenvalue weighted by molar-refractivity contribution is 5.92. The molecule has 1 saturated carbocycles. The number of H-pyrrole nitrogens is 1. The Morgan fingerprint density at radius 3 is 2.48 bits per heavy atom. The van der Waals surface area contributed by atoms with Crippen LogP contribution >= 0.6 is 0 Å². The summed E-state index contributed by atoms with van der Waals surface area (Å²) in [6.45, 7) is 2.08. The number of methoxy groups -OCH3 is 1. The molecule has 2 aromatic rings. The topological polar surface area (TPSA) is 93.3 Å². The summed E-state index contributed by atoms with van der Waals surface area (Å²) in [6, 6.07) is 5.58. The number of rotatable bonds is 7. The second kappa shape index (κ2) is 9.09. The van der Waals surface area contributed by atoms with Gasteiger partial charge in [0.05, 0.1) is 12.6 Å². The van der Waals surface area contributed by atoms with Crippen molar-refractivity contribution >= 4 is 5.91 Å². The summed E-state index contributed by atoms with van der Waals surface area (Å²) >= 11 is 0. The number of alkyl halides is 3. The summed E-state index contributed by atoms with van der Waals surface area (Å²) in [7, 11) is 1.44. The molecule has 1 amide bonds. The van der Waals surface area contributed by atoms with Crippen LogP contribution in [0.5, 0.6) is 5.75 Å². The van der Waals surface area contributed by atoms with Gasteiger partial charge in [0.1, 0.15) is 17.3 Å². The van der Waals surface area contributed by atoms with E-state index in [1.54, 1.807) is 0 Å². The number of carbonyl (C=O) groups excluding carboxylic acids is 1. The van der Waals surface area contributed by atoms with Gasteiger partial charge in [0, 0.05) is 18.6 Å². The summed E-state index contributed by atoms with van der Waals surface area (Å²) in [5.41, 5.74) is -0.210. The van der Waals surface area contributed by atoms with E-state index in [1.807, 2.05) is 6.92 Å². The number of amides is 1. The Hall–Kier alpha value is -2.88. The highest BCUT2D eigenvalue weighted by Gasteiger charge is 2.34. The molecule has 0 saturated heterocycles. The molecule has 3 rings (SSSR count). The maximum atomic E-state index is 12.8. The summed E-state index contributed by atoms with van der Waals surface area (Å²) < 4.78 is 46.1. The van der Waals surface area contributed by atoms with E-state index in [9.17, 15) is 22.8 Å². The van der Waals surface area contributed by atoms with Crippen molar-refractivity contribution in [3.05, 3.63) is 57.8 Å². The van der Waals surface area contributed by atoms with Crippen LogP contribution in [0.25, 0.3) is 0 Å². The number of hydrogen-bond acceptors (Lipinski definition) is 5. The van der Waals surface area contributed by atoms with Gasteiger partial charge in [-0.2, -0.15) is 0 Å². The number of ether oxygens (including phenoxy) is 2. The Morgan fingerprint density at radius 2 is 1.90 bits per heavy atom. The van der Waals surface area contributed by atoms with Crippen molar-refractivity contribution in [2.75, 3.05) is 13.7 Å². The fourth-order valence-corrected chi connectivity index (χ4v) is 3.77. The molecule has 31 heavy (non-hydrogen) atoms. The van der Waals surface area contributed by atoms with Crippen molar-refractivity contribution in [2.45, 2.75) is 50.4 Å². The molecule has 1 aromatic carbocycles. The fraction of sp³-hybridized carbons (Fsp3) is 0.476. The lowest BCUT2D eigenvalue weighted by molar-refractivity contribution is -0.274. The molecule has 1 aliphatic rings. The zero-order valence-corrected chi connectivity index (χ0v) is 17.2. The largest absolute Gasteiger partial charge is 0.573 e. The Labute approximate surface area is 177 Å². The molecule has 1 atom stereocenters. The minimum Gasteiger partial charge on any atom is -0.406 e. The molecule has 1 aliphatic carbocycles. The molecular weight excluding hydrogens is 415 g/mol. The molecule has 0 bridgehead atoms. The smallest absolute Gasteiger partial charge is 0.406 e. The van der Waals surface area contributed by atoms with Gasteiger partial charge in [-0.1, -0.05) is 31.9 Å². The second-order valence-corrected chi connectivity index (χ2v) is 7.85. The predicted octanol–water partition coefficient (Wildman–Crippen LogP) is 3.62. The number of aromatic nitrogens is 2. The summed E-state index contributed by atoms with van der Waals surface area (Å²) in [6.07, 6.45) is -0.984. The first-order valence-electron chi connectivity index (χ1n) is 9.87. The second-order valence-electron chi connectivity index (χ2n) is 7.85. The van der Waals surface area contributed by atoms with Crippen molar-refractivity contribution in [3.63, 3.8) is 0 Å². The highest BCUT2D eigenvalue weighted by Crippen LogP contribution is 2.38. The maximum Gasteiger partial charge on any atom is 0.573 e.